The highest BCUT2D eigenvalue weighted by Crippen LogP contribution is 2.25. The van der Waals surface area contributed by atoms with Crippen molar-refractivity contribution < 1.29 is 14.4 Å². The zero-order valence-corrected chi connectivity index (χ0v) is 16.2. The van der Waals surface area contributed by atoms with Gasteiger partial charge in [0.15, 0.2) is 0 Å². The minimum atomic E-state index is -0.434. The third-order valence-electron chi connectivity index (χ3n) is 3.57. The van der Waals surface area contributed by atoms with E-state index in [1.54, 1.807) is 30.3 Å². The number of hydrogen-bond acceptors (Lipinski definition) is 3. The highest BCUT2D eigenvalue weighted by molar-refractivity contribution is 6.35. The average molecular weight is 408 g/mol. The Morgan fingerprint density at radius 3 is 2.48 bits per heavy atom. The number of rotatable bonds is 7. The van der Waals surface area contributed by atoms with Gasteiger partial charge in [0, 0.05) is 23.6 Å². The maximum Gasteiger partial charge on any atom is 0.251 e. The third kappa shape index (κ3) is 6.92. The summed E-state index contributed by atoms with van der Waals surface area (Å²) in [7, 11) is 0. The Bertz CT molecular complexity index is 856. The Morgan fingerprint density at radius 1 is 0.963 bits per heavy atom. The highest BCUT2D eigenvalue weighted by atomic mass is 35.5. The molecule has 0 bridgehead atoms. The molecule has 0 fully saturated rings. The number of amides is 3. The number of anilines is 1. The van der Waals surface area contributed by atoms with E-state index in [9.17, 15) is 14.4 Å². The summed E-state index contributed by atoms with van der Waals surface area (Å²) in [6, 6.07) is 11.8. The molecule has 2 aromatic carbocycles. The molecule has 0 unspecified atom stereocenters. The monoisotopic (exact) mass is 407 g/mol. The minimum Gasteiger partial charge on any atom is -0.352 e. The van der Waals surface area contributed by atoms with Crippen molar-refractivity contribution in [2.45, 2.75) is 13.3 Å². The van der Waals surface area contributed by atoms with E-state index in [0.717, 1.165) is 5.56 Å². The number of benzene rings is 2. The number of carbonyl (C=O) groups excluding carboxylic acids is 3. The van der Waals surface area contributed by atoms with Crippen LogP contribution in [0.4, 0.5) is 5.69 Å². The summed E-state index contributed by atoms with van der Waals surface area (Å²) in [5.41, 5.74) is 1.88. The van der Waals surface area contributed by atoms with Gasteiger partial charge in [0.2, 0.25) is 11.8 Å². The second-order valence-corrected chi connectivity index (χ2v) is 6.67. The lowest BCUT2D eigenvalue weighted by Crippen LogP contribution is -2.35. The molecule has 27 heavy (non-hydrogen) atoms. The lowest BCUT2D eigenvalue weighted by atomic mass is 10.1. The third-order valence-corrected chi connectivity index (χ3v) is 4.13. The van der Waals surface area contributed by atoms with E-state index in [0.29, 0.717) is 21.3 Å². The zero-order chi connectivity index (χ0) is 19.8. The second kappa shape index (κ2) is 9.94. The molecule has 0 atom stereocenters. The molecule has 8 heteroatoms. The first-order chi connectivity index (χ1) is 12.8. The van der Waals surface area contributed by atoms with Crippen molar-refractivity contribution in [1.29, 1.82) is 0 Å². The van der Waals surface area contributed by atoms with E-state index >= 15 is 0 Å². The van der Waals surface area contributed by atoms with Crippen LogP contribution < -0.4 is 16.0 Å². The first kappa shape index (κ1) is 20.7. The fraction of sp³-hybridized carbons (Fsp3) is 0.211. The summed E-state index contributed by atoms with van der Waals surface area (Å²) < 4.78 is 0. The van der Waals surface area contributed by atoms with Crippen LogP contribution in [-0.2, 0) is 9.59 Å². The molecule has 0 spiro atoms. The lowest BCUT2D eigenvalue weighted by Gasteiger charge is -2.09. The van der Waals surface area contributed by atoms with Crippen molar-refractivity contribution in [2.24, 2.45) is 0 Å². The van der Waals surface area contributed by atoms with Gasteiger partial charge in [0.05, 0.1) is 17.3 Å². The maximum atomic E-state index is 12.0. The number of halogens is 2. The molecule has 0 aromatic heterocycles. The van der Waals surface area contributed by atoms with Gasteiger partial charge >= 0.3 is 0 Å². The quantitative estimate of drug-likeness (QED) is 0.658. The van der Waals surface area contributed by atoms with Crippen LogP contribution in [0.3, 0.4) is 0 Å². The van der Waals surface area contributed by atoms with Gasteiger partial charge in [-0.2, -0.15) is 0 Å². The van der Waals surface area contributed by atoms with Crippen molar-refractivity contribution in [3.8, 4) is 0 Å². The van der Waals surface area contributed by atoms with Crippen molar-refractivity contribution in [2.75, 3.05) is 18.4 Å². The predicted octanol–water partition coefficient (Wildman–Crippen LogP) is 3.18. The van der Waals surface area contributed by atoms with E-state index in [2.05, 4.69) is 16.0 Å². The molecule has 0 heterocycles. The van der Waals surface area contributed by atoms with Crippen molar-refractivity contribution in [3.05, 3.63) is 63.6 Å². The SMILES string of the molecule is Cc1cccc(C(=O)NCCC(=O)NCC(=O)Nc2cc(Cl)ccc2Cl)c1. The Labute approximate surface area is 167 Å². The van der Waals surface area contributed by atoms with E-state index < -0.39 is 5.91 Å². The number of carbonyl (C=O) groups is 3. The fourth-order valence-electron chi connectivity index (χ4n) is 2.23. The predicted molar refractivity (Wildman–Crippen MR) is 106 cm³/mol. The summed E-state index contributed by atoms with van der Waals surface area (Å²) in [5, 5.41) is 8.49. The fourth-order valence-corrected chi connectivity index (χ4v) is 2.57. The van der Waals surface area contributed by atoms with Gasteiger partial charge in [-0.25, -0.2) is 0 Å². The van der Waals surface area contributed by atoms with Crippen LogP contribution in [0.5, 0.6) is 0 Å². The van der Waals surface area contributed by atoms with Crippen LogP contribution in [0.25, 0.3) is 0 Å². The van der Waals surface area contributed by atoms with Crippen LogP contribution in [-0.4, -0.2) is 30.8 Å². The van der Waals surface area contributed by atoms with Gasteiger partial charge in [0.25, 0.3) is 5.91 Å². The van der Waals surface area contributed by atoms with E-state index in [-0.39, 0.29) is 31.3 Å². The van der Waals surface area contributed by atoms with Crippen LogP contribution in [0, 0.1) is 6.92 Å². The molecule has 2 aromatic rings. The standard InChI is InChI=1S/C19H19Cl2N3O3/c1-12-3-2-4-13(9-12)19(27)22-8-7-17(25)23-11-18(26)24-16-10-14(20)5-6-15(16)21/h2-6,9-10H,7-8,11H2,1H3,(H,22,27)(H,23,25)(H,24,26). The molecule has 142 valence electrons. The summed E-state index contributed by atoms with van der Waals surface area (Å²) in [6.45, 7) is 1.85. The van der Waals surface area contributed by atoms with Crippen molar-refractivity contribution in [1.82, 2.24) is 10.6 Å². The number of nitrogens with one attached hydrogen (secondary N) is 3. The highest BCUT2D eigenvalue weighted by Gasteiger charge is 2.10. The number of aryl methyl sites for hydroxylation is 1. The average Bonchev–Trinajstić information content (AvgIpc) is 2.63. The summed E-state index contributed by atoms with van der Waals surface area (Å²) >= 11 is 11.8. The normalized spacial score (nSPS) is 10.2. The Morgan fingerprint density at radius 2 is 1.74 bits per heavy atom. The largest absolute Gasteiger partial charge is 0.352 e. The van der Waals surface area contributed by atoms with Gasteiger partial charge in [0.1, 0.15) is 0 Å². The molecular weight excluding hydrogens is 389 g/mol. The van der Waals surface area contributed by atoms with Gasteiger partial charge in [-0.15, -0.1) is 0 Å². The molecule has 0 aliphatic heterocycles. The molecule has 0 aliphatic carbocycles. The van der Waals surface area contributed by atoms with E-state index in [4.69, 9.17) is 23.2 Å². The Kier molecular flexibility index (Phi) is 7.64. The maximum absolute atomic E-state index is 12.0. The molecule has 2 rings (SSSR count). The Hall–Kier alpha value is -2.57. The first-order valence-corrected chi connectivity index (χ1v) is 8.97. The summed E-state index contributed by atoms with van der Waals surface area (Å²) in [6.07, 6.45) is 0.0583. The van der Waals surface area contributed by atoms with Crippen molar-refractivity contribution in [3.63, 3.8) is 0 Å². The van der Waals surface area contributed by atoms with Gasteiger partial charge in [-0.3, -0.25) is 14.4 Å². The molecule has 0 saturated heterocycles. The Balaban J connectivity index is 1.70. The molecule has 0 radical (unpaired) electrons. The van der Waals surface area contributed by atoms with Gasteiger partial charge in [-0.05, 0) is 37.3 Å². The van der Waals surface area contributed by atoms with Crippen LogP contribution in [0.15, 0.2) is 42.5 Å². The van der Waals surface area contributed by atoms with E-state index in [1.165, 1.54) is 6.07 Å². The number of hydrogen-bond donors (Lipinski definition) is 3. The molecule has 0 saturated carbocycles. The van der Waals surface area contributed by atoms with E-state index in [1.807, 2.05) is 13.0 Å². The van der Waals surface area contributed by atoms with Crippen molar-refractivity contribution >= 4 is 46.6 Å². The second-order valence-electron chi connectivity index (χ2n) is 5.82. The molecule has 0 aliphatic rings. The summed E-state index contributed by atoms with van der Waals surface area (Å²) in [5.74, 6) is -1.04. The van der Waals surface area contributed by atoms with Gasteiger partial charge in [-0.1, -0.05) is 40.9 Å². The molecule has 3 N–H and O–H groups in total. The van der Waals surface area contributed by atoms with Gasteiger partial charge < -0.3 is 16.0 Å². The molecule has 3 amide bonds. The summed E-state index contributed by atoms with van der Waals surface area (Å²) in [4.78, 5) is 35.7. The topological polar surface area (TPSA) is 87.3 Å². The smallest absolute Gasteiger partial charge is 0.251 e. The minimum absolute atomic E-state index is 0.0583. The van der Waals surface area contributed by atoms with Crippen LogP contribution >= 0.6 is 23.2 Å². The molecule has 6 nitrogen and oxygen atoms in total. The zero-order valence-electron chi connectivity index (χ0n) is 14.6. The van der Waals surface area contributed by atoms with Crippen LogP contribution in [0.2, 0.25) is 10.0 Å². The lowest BCUT2D eigenvalue weighted by molar-refractivity contribution is -0.124. The first-order valence-electron chi connectivity index (χ1n) is 8.21. The van der Waals surface area contributed by atoms with Crippen LogP contribution in [0.1, 0.15) is 22.3 Å². The molecular formula is C19H19Cl2N3O3.